The molecule has 2 unspecified atom stereocenters. The fraction of sp³-hybridized carbons (Fsp3) is 1.00. The van der Waals surface area contributed by atoms with Gasteiger partial charge in [-0.2, -0.15) is 73.5 Å². The van der Waals surface area contributed by atoms with Crippen molar-refractivity contribution in [2.24, 2.45) is 0 Å². The molecule has 0 spiro atoms. The Labute approximate surface area is 143 Å². The Bertz CT molecular complexity index is 797. The summed E-state index contributed by atoms with van der Waals surface area (Å²) in [4.78, 5) is 0. The van der Waals surface area contributed by atoms with Crippen LogP contribution in [0.15, 0.2) is 0 Å². The lowest BCUT2D eigenvalue weighted by Gasteiger charge is -2.43. The molecule has 170 valence electrons. The van der Waals surface area contributed by atoms with Crippen molar-refractivity contribution in [3.63, 3.8) is 0 Å². The lowest BCUT2D eigenvalue weighted by molar-refractivity contribution is -0.469. The lowest BCUT2D eigenvalue weighted by Crippen LogP contribution is -2.76. The Morgan fingerprint density at radius 3 is 1.07 bits per heavy atom. The fourth-order valence-electron chi connectivity index (χ4n) is 1.34. The quantitative estimate of drug-likeness (QED) is 0.396. The third-order valence-electron chi connectivity index (χ3n) is 2.41. The van der Waals surface area contributed by atoms with Crippen molar-refractivity contribution < 1.29 is 85.7 Å². The molecular weight excluding hydrogens is 498 g/mol. The Balaban J connectivity index is 7.21. The van der Waals surface area contributed by atoms with Crippen LogP contribution in [0.3, 0.4) is 0 Å². The van der Waals surface area contributed by atoms with Crippen molar-refractivity contribution in [3.8, 4) is 0 Å². The third kappa shape index (κ3) is 4.53. The van der Waals surface area contributed by atoms with Crippen LogP contribution in [0.4, 0.5) is 60.5 Å². The summed E-state index contributed by atoms with van der Waals surface area (Å²) in [5, 5.41) is 0. The Hall–Kier alpha value is -1.16. The van der Waals surface area contributed by atoms with Crippen LogP contribution < -0.4 is 0 Å². The van der Waals surface area contributed by atoms with Crippen LogP contribution in [0.25, 0.3) is 0 Å². The predicted molar refractivity (Wildman–Crippen MR) is 51.9 cm³/mol. The summed E-state index contributed by atoms with van der Waals surface area (Å²) in [6, 6.07) is 0. The van der Waals surface area contributed by atoms with Gasteiger partial charge in [-0.05, 0) is 0 Å². The van der Waals surface area contributed by atoms with Gasteiger partial charge >= 0.3 is 56.9 Å². The van der Waals surface area contributed by atoms with Crippen LogP contribution in [-0.2, 0) is 29.4 Å². The van der Waals surface area contributed by atoms with Crippen molar-refractivity contribution in [1.82, 2.24) is 0 Å². The zero-order chi connectivity index (χ0) is 23.4. The second-order valence-corrected chi connectivity index (χ2v) is 6.20. The summed E-state index contributed by atoms with van der Waals surface area (Å²) in [5.74, 6) is -16.7. The highest BCUT2D eigenvalue weighted by molar-refractivity contribution is 7.81. The maximum absolute atomic E-state index is 13.7. The van der Waals surface area contributed by atoms with E-state index in [4.69, 9.17) is 0 Å². The van der Waals surface area contributed by atoms with E-state index < -0.39 is 56.9 Å². The topological polar surface area (TPSA) is 86.7 Å². The van der Waals surface area contributed by atoms with Gasteiger partial charge in [0.1, 0.15) is 0 Å². The minimum Gasteiger partial charge on any atom is -0.217 e. The van der Waals surface area contributed by atoms with Gasteiger partial charge in [0.25, 0.3) is 0 Å². The van der Waals surface area contributed by atoms with Crippen molar-refractivity contribution in [1.29, 1.82) is 0 Å². The molecular formula is C6F14O6S2. The highest BCUT2D eigenvalue weighted by Gasteiger charge is 2.95. The molecule has 22 heteroatoms. The number of alkyl halides is 12. The molecule has 0 bridgehead atoms. The Morgan fingerprint density at radius 2 is 0.857 bits per heavy atom. The monoisotopic (exact) mass is 498 g/mol. The average molecular weight is 498 g/mol. The fourth-order valence-corrected chi connectivity index (χ4v) is 2.18. The summed E-state index contributed by atoms with van der Waals surface area (Å²) in [5.41, 5.74) is -8.51. The molecule has 0 radical (unpaired) electrons. The van der Waals surface area contributed by atoms with Gasteiger partial charge in [0, 0.05) is 0 Å². The lowest BCUT2D eigenvalue weighted by atomic mass is 9.89. The first-order valence-corrected chi connectivity index (χ1v) is 7.85. The highest BCUT2D eigenvalue weighted by Crippen LogP contribution is 2.62. The van der Waals surface area contributed by atoms with E-state index in [2.05, 4.69) is 0 Å². The van der Waals surface area contributed by atoms with E-state index in [1.165, 1.54) is 8.37 Å². The zero-order valence-electron chi connectivity index (χ0n) is 11.6. The minimum absolute atomic E-state index is 1.41. The van der Waals surface area contributed by atoms with Crippen molar-refractivity contribution in [3.05, 3.63) is 0 Å². The van der Waals surface area contributed by atoms with E-state index in [1.807, 2.05) is 0 Å². The molecule has 0 aliphatic rings. The molecule has 0 amide bonds. The van der Waals surface area contributed by atoms with Gasteiger partial charge in [0.05, 0.1) is 0 Å². The standard InChI is InChI=1S/C6F14O6S2/c7-1(4(11,12)13,6(17,18)26-28(20,23)24)2(8,9)3(10,5(14,15)16)25-27(19,21)22. The summed E-state index contributed by atoms with van der Waals surface area (Å²) in [6.07, 6.45) is -24.0. The summed E-state index contributed by atoms with van der Waals surface area (Å²) in [7, 11) is -15.3. The molecule has 0 aromatic carbocycles. The van der Waals surface area contributed by atoms with E-state index in [9.17, 15) is 77.3 Å². The smallest absolute Gasteiger partial charge is 0.217 e. The minimum atomic E-state index is -8.59. The van der Waals surface area contributed by atoms with Crippen molar-refractivity contribution in [2.45, 2.75) is 35.9 Å². The van der Waals surface area contributed by atoms with Crippen LogP contribution in [0.5, 0.6) is 0 Å². The zero-order valence-corrected chi connectivity index (χ0v) is 13.2. The number of hydrogen-bond acceptors (Lipinski definition) is 6. The highest BCUT2D eigenvalue weighted by atomic mass is 32.3. The first-order valence-electron chi connectivity index (χ1n) is 5.23. The van der Waals surface area contributed by atoms with E-state index in [0.29, 0.717) is 0 Å². The maximum Gasteiger partial charge on any atom is 0.456 e. The molecule has 0 saturated carbocycles. The average Bonchev–Trinajstić information content (AvgIpc) is 2.28. The second-order valence-electron chi connectivity index (χ2n) is 4.29. The van der Waals surface area contributed by atoms with E-state index in [0.717, 1.165) is 0 Å². The van der Waals surface area contributed by atoms with Crippen LogP contribution in [-0.4, -0.2) is 52.7 Å². The molecule has 0 N–H and O–H groups in total. The largest absolute Gasteiger partial charge is 0.456 e. The normalized spacial score (nSPS) is 19.8. The van der Waals surface area contributed by atoms with Gasteiger partial charge in [-0.3, -0.25) is 0 Å². The van der Waals surface area contributed by atoms with Gasteiger partial charge < -0.3 is 0 Å². The van der Waals surface area contributed by atoms with Gasteiger partial charge in [0.2, 0.25) is 0 Å². The molecule has 2 atom stereocenters. The molecule has 0 aliphatic heterocycles. The Kier molecular flexibility index (Phi) is 6.41. The molecule has 0 fully saturated rings. The van der Waals surface area contributed by atoms with Gasteiger partial charge in [0.15, 0.2) is 0 Å². The number of hydrogen-bond donors (Lipinski definition) is 0. The van der Waals surface area contributed by atoms with Crippen LogP contribution in [0.2, 0.25) is 0 Å². The van der Waals surface area contributed by atoms with Crippen LogP contribution >= 0.6 is 0 Å². The summed E-state index contributed by atoms with van der Waals surface area (Å²) < 4.78 is 221. The maximum atomic E-state index is 13.7. The van der Waals surface area contributed by atoms with Crippen LogP contribution in [0, 0.1) is 0 Å². The first kappa shape index (κ1) is 26.8. The SMILES string of the molecule is O=S(=O)(F)OC(F)(F)C(F)(C(F)(F)F)C(F)(F)C(F)(OS(=O)(=O)F)C(F)(F)F. The van der Waals surface area contributed by atoms with Gasteiger partial charge in [-0.1, -0.05) is 7.77 Å². The number of halogens is 14. The number of rotatable bonds is 7. The van der Waals surface area contributed by atoms with Crippen LogP contribution in [0.1, 0.15) is 0 Å². The summed E-state index contributed by atoms with van der Waals surface area (Å²) >= 11 is 0. The van der Waals surface area contributed by atoms with Crippen molar-refractivity contribution >= 4 is 21.0 Å². The second kappa shape index (κ2) is 6.68. The van der Waals surface area contributed by atoms with E-state index in [1.54, 1.807) is 0 Å². The molecule has 0 saturated heterocycles. The third-order valence-corrected chi connectivity index (χ3v) is 3.25. The first-order chi connectivity index (χ1) is 11.7. The van der Waals surface area contributed by atoms with E-state index >= 15 is 0 Å². The van der Waals surface area contributed by atoms with Gasteiger partial charge in [-0.15, -0.1) is 0 Å². The molecule has 0 rings (SSSR count). The molecule has 0 heterocycles. The predicted octanol–water partition coefficient (Wildman–Crippen LogP) is 3.18. The molecule has 0 aliphatic carbocycles. The van der Waals surface area contributed by atoms with Gasteiger partial charge in [-0.25, -0.2) is 4.39 Å². The molecule has 6 nitrogen and oxygen atoms in total. The molecule has 0 aromatic heterocycles. The molecule has 28 heavy (non-hydrogen) atoms. The summed E-state index contributed by atoms with van der Waals surface area (Å²) in [6.45, 7) is 0. The molecule has 0 aromatic rings. The van der Waals surface area contributed by atoms with Crippen molar-refractivity contribution in [2.75, 3.05) is 0 Å². The van der Waals surface area contributed by atoms with E-state index in [-0.39, 0.29) is 0 Å². The Morgan fingerprint density at radius 1 is 0.536 bits per heavy atom.